The number of aliphatic hydroxyl groups excluding tert-OH is 1. The van der Waals surface area contributed by atoms with Crippen LogP contribution in [-0.4, -0.2) is 22.3 Å². The third kappa shape index (κ3) is 11.2. The van der Waals surface area contributed by atoms with Gasteiger partial charge in [-0.25, -0.2) is 0 Å². The smallest absolute Gasteiger partial charge is 0.303 e. The lowest BCUT2D eigenvalue weighted by Crippen LogP contribution is -2.00. The first-order chi connectivity index (χ1) is 11.6. The van der Waals surface area contributed by atoms with Crippen molar-refractivity contribution in [2.75, 3.05) is 0 Å². The summed E-state index contributed by atoms with van der Waals surface area (Å²) in [5.41, 5.74) is 0. The maximum absolute atomic E-state index is 10.4. The van der Waals surface area contributed by atoms with E-state index in [4.69, 9.17) is 5.11 Å². The molecule has 3 heteroatoms. The summed E-state index contributed by atoms with van der Waals surface area (Å²) in [5.74, 6) is 0.891. The van der Waals surface area contributed by atoms with Crippen LogP contribution in [0.5, 0.6) is 0 Å². The van der Waals surface area contributed by atoms with Gasteiger partial charge in [0.1, 0.15) is 0 Å². The number of carbonyl (C=O) groups is 1. The van der Waals surface area contributed by atoms with Crippen LogP contribution in [0, 0.1) is 11.8 Å². The highest BCUT2D eigenvalue weighted by atomic mass is 16.4. The molecule has 0 spiro atoms. The van der Waals surface area contributed by atoms with Gasteiger partial charge in [-0.3, -0.25) is 4.79 Å². The van der Waals surface area contributed by atoms with Crippen LogP contribution >= 0.6 is 0 Å². The van der Waals surface area contributed by atoms with Gasteiger partial charge in [0.15, 0.2) is 0 Å². The average Bonchev–Trinajstić information content (AvgIpc) is 3.29. The minimum absolute atomic E-state index is 0.266. The Kier molecular flexibility index (Phi) is 11.2. The van der Waals surface area contributed by atoms with E-state index in [1.165, 1.54) is 19.3 Å². The van der Waals surface area contributed by atoms with Gasteiger partial charge in [0.05, 0.1) is 6.10 Å². The zero-order valence-corrected chi connectivity index (χ0v) is 15.1. The summed E-state index contributed by atoms with van der Waals surface area (Å²) in [7, 11) is 0. The molecule has 0 heterocycles. The van der Waals surface area contributed by atoms with Crippen molar-refractivity contribution in [2.24, 2.45) is 11.8 Å². The van der Waals surface area contributed by atoms with E-state index in [1.54, 1.807) is 0 Å². The van der Waals surface area contributed by atoms with Gasteiger partial charge >= 0.3 is 5.97 Å². The number of hydrogen-bond donors (Lipinski definition) is 2. The van der Waals surface area contributed by atoms with Crippen molar-refractivity contribution in [3.05, 3.63) is 36.5 Å². The van der Waals surface area contributed by atoms with Gasteiger partial charge in [0.25, 0.3) is 0 Å². The number of unbranched alkanes of at least 4 members (excludes halogenated alkanes) is 3. The number of aliphatic carboxylic acids is 1. The second-order valence-corrected chi connectivity index (χ2v) is 6.86. The summed E-state index contributed by atoms with van der Waals surface area (Å²) in [6.45, 7) is 2.17. The largest absolute Gasteiger partial charge is 0.481 e. The van der Waals surface area contributed by atoms with Crippen LogP contribution < -0.4 is 0 Å². The number of rotatable bonds is 14. The van der Waals surface area contributed by atoms with E-state index in [1.807, 2.05) is 12.2 Å². The molecular weight excluding hydrogens is 300 g/mol. The molecule has 3 atom stereocenters. The van der Waals surface area contributed by atoms with E-state index >= 15 is 0 Å². The van der Waals surface area contributed by atoms with Crippen molar-refractivity contribution in [3.8, 4) is 0 Å². The molecule has 0 aromatic carbocycles. The van der Waals surface area contributed by atoms with Crippen molar-refractivity contribution in [2.45, 2.75) is 77.2 Å². The highest BCUT2D eigenvalue weighted by Crippen LogP contribution is 2.44. The van der Waals surface area contributed by atoms with Crippen LogP contribution in [-0.2, 0) is 4.79 Å². The Balaban J connectivity index is 2.01. The zero-order valence-electron chi connectivity index (χ0n) is 15.1. The third-order valence-corrected chi connectivity index (χ3v) is 4.56. The number of aliphatic hydroxyl groups is 1. The first-order valence-corrected chi connectivity index (χ1v) is 9.51. The van der Waals surface area contributed by atoms with Crippen molar-refractivity contribution < 1.29 is 15.0 Å². The van der Waals surface area contributed by atoms with E-state index in [-0.39, 0.29) is 12.5 Å². The second-order valence-electron chi connectivity index (χ2n) is 6.86. The lowest BCUT2D eigenvalue weighted by Gasteiger charge is -2.03. The predicted molar refractivity (Wildman–Crippen MR) is 99.9 cm³/mol. The Morgan fingerprint density at radius 1 is 1.08 bits per heavy atom. The van der Waals surface area contributed by atoms with Crippen LogP contribution in [0.25, 0.3) is 0 Å². The van der Waals surface area contributed by atoms with Gasteiger partial charge in [-0.1, -0.05) is 62.6 Å². The third-order valence-electron chi connectivity index (χ3n) is 4.56. The summed E-state index contributed by atoms with van der Waals surface area (Å²) in [4.78, 5) is 10.4. The SMILES string of the molecule is CCCCC[C@@H](O)/C=C/C=C\C[C@H]1C[C@H]1C/C=C\CCCC(=O)O. The lowest BCUT2D eigenvalue weighted by atomic mass is 10.1. The molecule has 0 saturated heterocycles. The fourth-order valence-electron chi connectivity index (χ4n) is 2.87. The van der Waals surface area contributed by atoms with E-state index < -0.39 is 5.97 Å². The molecule has 0 bridgehead atoms. The molecule has 136 valence electrons. The first-order valence-electron chi connectivity index (χ1n) is 9.51. The molecule has 24 heavy (non-hydrogen) atoms. The van der Waals surface area contributed by atoms with Crippen molar-refractivity contribution in [3.63, 3.8) is 0 Å². The van der Waals surface area contributed by atoms with E-state index in [9.17, 15) is 9.90 Å². The van der Waals surface area contributed by atoms with Gasteiger partial charge in [0.2, 0.25) is 0 Å². The molecule has 2 N–H and O–H groups in total. The van der Waals surface area contributed by atoms with Crippen LogP contribution in [0.2, 0.25) is 0 Å². The summed E-state index contributed by atoms with van der Waals surface area (Å²) in [6, 6.07) is 0. The molecule has 3 nitrogen and oxygen atoms in total. The number of allylic oxidation sites excluding steroid dienone is 5. The second kappa shape index (κ2) is 13.0. The molecule has 1 saturated carbocycles. The minimum atomic E-state index is -0.708. The quantitative estimate of drug-likeness (QED) is 0.258. The molecule has 0 unspecified atom stereocenters. The van der Waals surface area contributed by atoms with Crippen molar-refractivity contribution in [1.82, 2.24) is 0 Å². The van der Waals surface area contributed by atoms with Gasteiger partial charge in [0, 0.05) is 6.42 Å². The zero-order chi connectivity index (χ0) is 17.6. The lowest BCUT2D eigenvalue weighted by molar-refractivity contribution is -0.137. The number of hydrogen-bond acceptors (Lipinski definition) is 2. The molecule has 0 radical (unpaired) electrons. The van der Waals surface area contributed by atoms with Gasteiger partial charge in [-0.05, 0) is 50.4 Å². The number of carboxylic acid groups (broad SMARTS) is 1. The topological polar surface area (TPSA) is 57.5 Å². The molecule has 0 amide bonds. The average molecular weight is 335 g/mol. The summed E-state index contributed by atoms with van der Waals surface area (Å²) < 4.78 is 0. The summed E-state index contributed by atoms with van der Waals surface area (Å²) in [6.07, 6.45) is 21.9. The molecule has 1 rings (SSSR count). The predicted octanol–water partition coefficient (Wildman–Crippen LogP) is 5.27. The Morgan fingerprint density at radius 3 is 2.54 bits per heavy atom. The molecule has 1 fully saturated rings. The minimum Gasteiger partial charge on any atom is -0.481 e. The number of carboxylic acids is 1. The molecule has 0 aromatic heterocycles. The Hall–Kier alpha value is -1.35. The normalized spacial score (nSPS) is 21.9. The first kappa shape index (κ1) is 20.7. The van der Waals surface area contributed by atoms with Crippen LogP contribution in [0.3, 0.4) is 0 Å². The van der Waals surface area contributed by atoms with Gasteiger partial charge in [-0.2, -0.15) is 0 Å². The fourth-order valence-corrected chi connectivity index (χ4v) is 2.87. The Bertz CT molecular complexity index is 423. The van der Waals surface area contributed by atoms with E-state index in [0.29, 0.717) is 0 Å². The molecule has 1 aliphatic rings. The van der Waals surface area contributed by atoms with Crippen molar-refractivity contribution >= 4 is 5.97 Å². The van der Waals surface area contributed by atoms with Crippen LogP contribution in [0.4, 0.5) is 0 Å². The van der Waals surface area contributed by atoms with Crippen molar-refractivity contribution in [1.29, 1.82) is 0 Å². The Labute approximate surface area is 147 Å². The standard InChI is InChI=1S/C21H34O3/c1-2-3-7-14-20(22)15-10-6-9-13-19-17-18(19)12-8-4-5-11-16-21(23)24/h4,6,8-10,15,18-20,22H,2-3,5,7,11-14,16-17H2,1H3,(H,23,24)/b8-4-,9-6-,15-10+/t18-,19+,20-/m1/s1. The summed E-state index contributed by atoms with van der Waals surface area (Å²) in [5, 5.41) is 18.3. The Morgan fingerprint density at radius 2 is 1.83 bits per heavy atom. The highest BCUT2D eigenvalue weighted by Gasteiger charge is 2.34. The van der Waals surface area contributed by atoms with E-state index in [0.717, 1.165) is 50.4 Å². The molecular formula is C21H34O3. The maximum Gasteiger partial charge on any atom is 0.303 e. The molecule has 0 aliphatic heterocycles. The fraction of sp³-hybridized carbons (Fsp3) is 0.667. The highest BCUT2D eigenvalue weighted by molar-refractivity contribution is 5.66. The molecule has 0 aromatic rings. The monoisotopic (exact) mass is 334 g/mol. The van der Waals surface area contributed by atoms with Crippen LogP contribution in [0.15, 0.2) is 36.5 Å². The van der Waals surface area contributed by atoms with Crippen LogP contribution in [0.1, 0.15) is 71.1 Å². The van der Waals surface area contributed by atoms with Gasteiger partial charge in [-0.15, -0.1) is 0 Å². The maximum atomic E-state index is 10.4. The van der Waals surface area contributed by atoms with E-state index in [2.05, 4.69) is 31.2 Å². The van der Waals surface area contributed by atoms with Gasteiger partial charge < -0.3 is 10.2 Å². The molecule has 1 aliphatic carbocycles. The summed E-state index contributed by atoms with van der Waals surface area (Å²) >= 11 is 0.